The van der Waals surface area contributed by atoms with E-state index in [1.54, 1.807) is 0 Å². The quantitative estimate of drug-likeness (QED) is 0.856. The zero-order chi connectivity index (χ0) is 13.7. The number of hydrogen-bond donors (Lipinski definition) is 1. The first-order valence-corrected chi connectivity index (χ1v) is 6.67. The van der Waals surface area contributed by atoms with Gasteiger partial charge >= 0.3 is 0 Å². The van der Waals surface area contributed by atoms with Gasteiger partial charge in [-0.2, -0.15) is 0 Å². The number of para-hydroxylation sites is 1. The SMILES string of the molecule is CC[C@@H](C)c1ccccc1NC(=O)c1ccccc1. The van der Waals surface area contributed by atoms with Crippen molar-refractivity contribution in [2.75, 3.05) is 5.32 Å². The number of carbonyl (C=O) groups excluding carboxylic acids is 1. The van der Waals surface area contributed by atoms with Gasteiger partial charge in [0.15, 0.2) is 0 Å². The van der Waals surface area contributed by atoms with E-state index in [0.717, 1.165) is 12.1 Å². The van der Waals surface area contributed by atoms with Gasteiger partial charge in [-0.05, 0) is 36.1 Å². The van der Waals surface area contributed by atoms with Crippen molar-refractivity contribution < 1.29 is 4.79 Å². The summed E-state index contributed by atoms with van der Waals surface area (Å²) >= 11 is 0. The fourth-order valence-electron chi connectivity index (χ4n) is 2.04. The molecule has 1 amide bonds. The minimum atomic E-state index is -0.0589. The normalized spacial score (nSPS) is 11.9. The van der Waals surface area contributed by atoms with Crippen LogP contribution in [0.3, 0.4) is 0 Å². The molecule has 0 aromatic heterocycles. The maximum Gasteiger partial charge on any atom is 0.255 e. The van der Waals surface area contributed by atoms with Crippen molar-refractivity contribution >= 4 is 11.6 Å². The maximum absolute atomic E-state index is 12.2. The van der Waals surface area contributed by atoms with Crippen LogP contribution in [-0.2, 0) is 0 Å². The summed E-state index contributed by atoms with van der Waals surface area (Å²) in [6.07, 6.45) is 1.05. The third-order valence-electron chi connectivity index (χ3n) is 3.39. The Kier molecular flexibility index (Phi) is 4.35. The lowest BCUT2D eigenvalue weighted by Gasteiger charge is -2.15. The average Bonchev–Trinajstić information content (AvgIpc) is 2.48. The molecular weight excluding hydrogens is 234 g/mol. The summed E-state index contributed by atoms with van der Waals surface area (Å²) in [5.41, 5.74) is 2.78. The smallest absolute Gasteiger partial charge is 0.255 e. The molecule has 2 aromatic rings. The Morgan fingerprint density at radius 3 is 2.37 bits per heavy atom. The summed E-state index contributed by atoms with van der Waals surface area (Å²) in [7, 11) is 0. The molecule has 1 atom stereocenters. The molecule has 0 fully saturated rings. The van der Waals surface area contributed by atoms with E-state index in [1.165, 1.54) is 5.56 Å². The Morgan fingerprint density at radius 2 is 1.68 bits per heavy atom. The Balaban J connectivity index is 2.22. The van der Waals surface area contributed by atoms with Crippen LogP contribution in [0.2, 0.25) is 0 Å². The number of nitrogens with one attached hydrogen (secondary N) is 1. The molecule has 0 aliphatic heterocycles. The Bertz CT molecular complexity index is 548. The Hall–Kier alpha value is -2.09. The summed E-state index contributed by atoms with van der Waals surface area (Å²) < 4.78 is 0. The van der Waals surface area contributed by atoms with Gasteiger partial charge < -0.3 is 5.32 Å². The molecule has 0 radical (unpaired) electrons. The van der Waals surface area contributed by atoms with Crippen LogP contribution in [0.5, 0.6) is 0 Å². The third kappa shape index (κ3) is 3.22. The molecule has 2 heteroatoms. The third-order valence-corrected chi connectivity index (χ3v) is 3.39. The zero-order valence-electron chi connectivity index (χ0n) is 11.4. The Morgan fingerprint density at radius 1 is 1.05 bits per heavy atom. The molecule has 0 heterocycles. The summed E-state index contributed by atoms with van der Waals surface area (Å²) in [4.78, 5) is 12.2. The predicted molar refractivity (Wildman–Crippen MR) is 79.5 cm³/mol. The number of carbonyl (C=O) groups is 1. The van der Waals surface area contributed by atoms with E-state index in [-0.39, 0.29) is 5.91 Å². The molecule has 0 saturated heterocycles. The van der Waals surface area contributed by atoms with Gasteiger partial charge in [0, 0.05) is 11.3 Å². The lowest BCUT2D eigenvalue weighted by atomic mass is 9.97. The average molecular weight is 253 g/mol. The Labute approximate surface area is 114 Å². The van der Waals surface area contributed by atoms with Gasteiger partial charge in [0.1, 0.15) is 0 Å². The fraction of sp³-hybridized carbons (Fsp3) is 0.235. The monoisotopic (exact) mass is 253 g/mol. The molecule has 0 aliphatic rings. The molecule has 0 saturated carbocycles. The van der Waals surface area contributed by atoms with E-state index in [0.29, 0.717) is 11.5 Å². The van der Waals surface area contributed by atoms with Gasteiger partial charge in [-0.15, -0.1) is 0 Å². The largest absolute Gasteiger partial charge is 0.322 e. The van der Waals surface area contributed by atoms with Crippen LogP contribution in [-0.4, -0.2) is 5.91 Å². The van der Waals surface area contributed by atoms with Crippen molar-refractivity contribution in [2.24, 2.45) is 0 Å². The van der Waals surface area contributed by atoms with E-state index >= 15 is 0 Å². The lowest BCUT2D eigenvalue weighted by molar-refractivity contribution is 0.102. The maximum atomic E-state index is 12.2. The summed E-state index contributed by atoms with van der Waals surface area (Å²) in [5.74, 6) is 0.378. The molecule has 2 rings (SSSR count). The van der Waals surface area contributed by atoms with Crippen molar-refractivity contribution in [3.8, 4) is 0 Å². The highest BCUT2D eigenvalue weighted by molar-refractivity contribution is 6.04. The van der Waals surface area contributed by atoms with Gasteiger partial charge in [0.2, 0.25) is 0 Å². The van der Waals surface area contributed by atoms with Crippen molar-refractivity contribution in [2.45, 2.75) is 26.2 Å². The zero-order valence-corrected chi connectivity index (χ0v) is 11.4. The first-order valence-electron chi connectivity index (χ1n) is 6.67. The minimum absolute atomic E-state index is 0.0589. The van der Waals surface area contributed by atoms with Crippen LogP contribution in [0.1, 0.15) is 42.1 Å². The first-order chi connectivity index (χ1) is 9.22. The van der Waals surface area contributed by atoms with Crippen LogP contribution < -0.4 is 5.32 Å². The molecule has 2 aromatic carbocycles. The fourth-order valence-corrected chi connectivity index (χ4v) is 2.04. The topological polar surface area (TPSA) is 29.1 Å². The standard InChI is InChI=1S/C17H19NO/c1-3-13(2)15-11-7-8-12-16(15)18-17(19)14-9-5-4-6-10-14/h4-13H,3H2,1-2H3,(H,18,19)/t13-/m1/s1. The van der Waals surface area contributed by atoms with Crippen LogP contribution in [0, 0.1) is 0 Å². The molecule has 98 valence electrons. The van der Waals surface area contributed by atoms with Crippen LogP contribution in [0.4, 0.5) is 5.69 Å². The molecule has 0 unspecified atom stereocenters. The number of rotatable bonds is 4. The predicted octanol–water partition coefficient (Wildman–Crippen LogP) is 4.45. The molecule has 0 aliphatic carbocycles. The van der Waals surface area contributed by atoms with Gasteiger partial charge in [-0.3, -0.25) is 4.79 Å². The van der Waals surface area contributed by atoms with E-state index in [2.05, 4.69) is 25.2 Å². The highest BCUT2D eigenvalue weighted by Gasteiger charge is 2.11. The van der Waals surface area contributed by atoms with Crippen LogP contribution in [0.15, 0.2) is 54.6 Å². The lowest BCUT2D eigenvalue weighted by Crippen LogP contribution is -2.13. The van der Waals surface area contributed by atoms with Crippen LogP contribution >= 0.6 is 0 Å². The van der Waals surface area contributed by atoms with Crippen molar-refractivity contribution in [3.63, 3.8) is 0 Å². The molecule has 0 bridgehead atoms. The minimum Gasteiger partial charge on any atom is -0.322 e. The number of hydrogen-bond acceptors (Lipinski definition) is 1. The molecule has 2 nitrogen and oxygen atoms in total. The highest BCUT2D eigenvalue weighted by atomic mass is 16.1. The number of anilines is 1. The molecule has 0 spiro atoms. The van der Waals surface area contributed by atoms with Crippen molar-refractivity contribution in [1.82, 2.24) is 0 Å². The van der Waals surface area contributed by atoms with Gasteiger partial charge in [0.05, 0.1) is 0 Å². The second kappa shape index (κ2) is 6.19. The second-order valence-corrected chi connectivity index (χ2v) is 4.72. The second-order valence-electron chi connectivity index (χ2n) is 4.72. The van der Waals surface area contributed by atoms with Gasteiger partial charge in [0.25, 0.3) is 5.91 Å². The van der Waals surface area contributed by atoms with E-state index in [1.807, 2.05) is 48.5 Å². The van der Waals surface area contributed by atoms with Gasteiger partial charge in [-0.1, -0.05) is 50.2 Å². The highest BCUT2D eigenvalue weighted by Crippen LogP contribution is 2.26. The molecular formula is C17H19NO. The van der Waals surface area contributed by atoms with Gasteiger partial charge in [-0.25, -0.2) is 0 Å². The van der Waals surface area contributed by atoms with Crippen LogP contribution in [0.25, 0.3) is 0 Å². The van der Waals surface area contributed by atoms with E-state index in [4.69, 9.17) is 0 Å². The molecule has 19 heavy (non-hydrogen) atoms. The number of amides is 1. The van der Waals surface area contributed by atoms with E-state index in [9.17, 15) is 4.79 Å². The summed E-state index contributed by atoms with van der Waals surface area (Å²) in [5, 5.41) is 3.00. The van der Waals surface area contributed by atoms with Crippen molar-refractivity contribution in [1.29, 1.82) is 0 Å². The summed E-state index contributed by atoms with van der Waals surface area (Å²) in [6, 6.07) is 17.3. The number of benzene rings is 2. The summed E-state index contributed by atoms with van der Waals surface area (Å²) in [6.45, 7) is 4.33. The van der Waals surface area contributed by atoms with E-state index < -0.39 is 0 Å². The molecule has 1 N–H and O–H groups in total. The van der Waals surface area contributed by atoms with Crippen molar-refractivity contribution in [3.05, 3.63) is 65.7 Å². The first kappa shape index (κ1) is 13.3.